The van der Waals surface area contributed by atoms with E-state index in [9.17, 15) is 24.0 Å². The fraction of sp³-hybridized carbons (Fsp3) is 0.848. The van der Waals surface area contributed by atoms with Crippen molar-refractivity contribution in [1.82, 2.24) is 30.2 Å². The van der Waals surface area contributed by atoms with Crippen LogP contribution in [0.3, 0.4) is 0 Å². The number of likely N-dealkylation sites (tertiary alicyclic amines) is 4. The van der Waals surface area contributed by atoms with Gasteiger partial charge in [-0.15, -0.1) is 0 Å². The smallest absolute Gasteiger partial charge is 0.242 e. The van der Waals surface area contributed by atoms with E-state index in [2.05, 4.69) is 20.4 Å². The van der Waals surface area contributed by atoms with E-state index in [0.29, 0.717) is 65.2 Å². The van der Waals surface area contributed by atoms with E-state index in [0.717, 1.165) is 51.7 Å². The van der Waals surface area contributed by atoms with Crippen LogP contribution in [0.4, 0.5) is 0 Å². The maximum Gasteiger partial charge on any atom is 0.242 e. The van der Waals surface area contributed by atoms with Crippen LogP contribution in [0.1, 0.15) is 65.2 Å². The van der Waals surface area contributed by atoms with E-state index in [-0.39, 0.29) is 54.7 Å². The number of hydrogen-bond donors (Lipinski definition) is 2. The molecule has 6 saturated heterocycles. The molecular formula is C33H52N6O7. The van der Waals surface area contributed by atoms with E-state index in [4.69, 9.17) is 9.47 Å². The zero-order valence-corrected chi connectivity index (χ0v) is 27.6. The van der Waals surface area contributed by atoms with Gasteiger partial charge in [-0.1, -0.05) is 13.8 Å². The van der Waals surface area contributed by atoms with Crippen molar-refractivity contribution < 1.29 is 33.4 Å². The number of piperidine rings is 2. The van der Waals surface area contributed by atoms with Gasteiger partial charge < -0.3 is 29.9 Å². The van der Waals surface area contributed by atoms with Gasteiger partial charge in [-0.05, 0) is 51.4 Å². The summed E-state index contributed by atoms with van der Waals surface area (Å²) in [5, 5.41) is 5.98. The molecule has 0 saturated carbocycles. The second-order valence-electron chi connectivity index (χ2n) is 15.0. The fourth-order valence-corrected chi connectivity index (χ4v) is 8.94. The molecule has 13 heteroatoms. The number of fused-ring (bicyclic) bond motifs is 2. The number of Topliss-reactive ketones (excluding diaryl/α,β-unsaturated/α-hetero) is 1. The van der Waals surface area contributed by atoms with Crippen LogP contribution >= 0.6 is 0 Å². The summed E-state index contributed by atoms with van der Waals surface area (Å²) in [6.45, 7) is 9.37. The van der Waals surface area contributed by atoms with Crippen LogP contribution in [0.15, 0.2) is 0 Å². The number of nitrogens with zero attached hydrogens (tertiary/aromatic N) is 4. The largest absolute Gasteiger partial charge is 0.376 e. The van der Waals surface area contributed by atoms with Gasteiger partial charge in [0, 0.05) is 65.6 Å². The summed E-state index contributed by atoms with van der Waals surface area (Å²) >= 11 is 0. The van der Waals surface area contributed by atoms with E-state index < -0.39 is 22.9 Å². The molecule has 6 rings (SSSR count). The summed E-state index contributed by atoms with van der Waals surface area (Å²) in [6, 6.07) is -0.944. The predicted octanol–water partition coefficient (Wildman–Crippen LogP) is -0.228. The molecule has 46 heavy (non-hydrogen) atoms. The number of carbonyl (C=O) groups is 5. The molecule has 4 amide bonds. The second-order valence-corrected chi connectivity index (χ2v) is 15.0. The Labute approximate surface area is 272 Å². The molecular weight excluding hydrogens is 592 g/mol. The zero-order chi connectivity index (χ0) is 32.5. The third-order valence-corrected chi connectivity index (χ3v) is 10.9. The lowest BCUT2D eigenvalue weighted by Crippen LogP contribution is -2.69. The average Bonchev–Trinajstić information content (AvgIpc) is 3.84. The summed E-state index contributed by atoms with van der Waals surface area (Å²) in [6.07, 6.45) is 6.87. The van der Waals surface area contributed by atoms with Crippen LogP contribution in [-0.4, -0.2) is 152 Å². The summed E-state index contributed by atoms with van der Waals surface area (Å²) in [4.78, 5) is 74.3. The standard InChI is InChI=1S/C33H52N6O7/c1-32-19-36(17-27(40)38-11-3-9-25(38)29(42)34-15-23-7-5-13-45-23)21-33(2,31(32)44)22-37(20-32)18-28(41)39-12-4-10-26(39)30(43)35-16-24-8-6-14-46-24/h23-26H,3-22H2,1-2H3,(H,34,42)(H,35,43). The maximum atomic E-state index is 13.7. The molecule has 13 nitrogen and oxygen atoms in total. The number of rotatable bonds is 10. The molecule has 6 aliphatic heterocycles. The lowest BCUT2D eigenvalue weighted by atomic mass is 9.64. The van der Waals surface area contributed by atoms with E-state index in [1.54, 1.807) is 9.80 Å². The highest BCUT2D eigenvalue weighted by atomic mass is 16.5. The molecule has 0 aromatic rings. The Bertz CT molecular complexity index is 1080. The minimum absolute atomic E-state index is 0.0502. The molecule has 0 radical (unpaired) electrons. The first-order valence-corrected chi connectivity index (χ1v) is 17.4. The second kappa shape index (κ2) is 13.9. The normalized spacial score (nSPS) is 35.1. The van der Waals surface area contributed by atoms with Crippen molar-refractivity contribution in [3.8, 4) is 0 Å². The first-order valence-electron chi connectivity index (χ1n) is 17.4. The van der Waals surface area contributed by atoms with Gasteiger partial charge in [-0.2, -0.15) is 0 Å². The lowest BCUT2D eigenvalue weighted by Gasteiger charge is -2.55. The molecule has 2 N–H and O–H groups in total. The van der Waals surface area contributed by atoms with Crippen molar-refractivity contribution in [3.05, 3.63) is 0 Å². The quantitative estimate of drug-likeness (QED) is 0.330. The summed E-state index contributed by atoms with van der Waals surface area (Å²) in [7, 11) is 0. The van der Waals surface area contributed by atoms with Crippen molar-refractivity contribution >= 4 is 29.4 Å². The SMILES string of the molecule is CC12CN(CC(=O)N3CCCC3C(=O)NCC3CCCO3)CC(C)(CN(CC(=O)N3CCCC3C(=O)NCC3CCCO3)C1)C2=O. The molecule has 2 bridgehead atoms. The molecule has 6 fully saturated rings. The highest BCUT2D eigenvalue weighted by Gasteiger charge is 2.56. The Hall–Kier alpha value is -2.61. The average molecular weight is 645 g/mol. The molecule has 6 heterocycles. The van der Waals surface area contributed by atoms with Gasteiger partial charge in [0.05, 0.1) is 36.1 Å². The van der Waals surface area contributed by atoms with Gasteiger partial charge in [0.2, 0.25) is 23.6 Å². The van der Waals surface area contributed by atoms with Crippen molar-refractivity contribution in [2.75, 3.05) is 78.7 Å². The van der Waals surface area contributed by atoms with Gasteiger partial charge >= 0.3 is 0 Å². The summed E-state index contributed by atoms with van der Waals surface area (Å²) in [5.74, 6) is -0.232. The number of amides is 4. The number of ether oxygens (including phenoxy) is 2. The Balaban J connectivity index is 1.02. The van der Waals surface area contributed by atoms with Gasteiger partial charge in [-0.3, -0.25) is 33.8 Å². The summed E-state index contributed by atoms with van der Waals surface area (Å²) < 4.78 is 11.2. The number of nitrogens with one attached hydrogen (secondary N) is 2. The number of hydrogen-bond acceptors (Lipinski definition) is 9. The van der Waals surface area contributed by atoms with E-state index in [1.807, 2.05) is 13.8 Å². The Morgan fingerprint density at radius 2 is 1.09 bits per heavy atom. The predicted molar refractivity (Wildman–Crippen MR) is 168 cm³/mol. The van der Waals surface area contributed by atoms with Crippen LogP contribution in [-0.2, 0) is 33.4 Å². The number of carbonyl (C=O) groups excluding carboxylic acids is 5. The third kappa shape index (κ3) is 7.12. The monoisotopic (exact) mass is 644 g/mol. The Morgan fingerprint density at radius 1 is 0.674 bits per heavy atom. The highest BCUT2D eigenvalue weighted by Crippen LogP contribution is 2.42. The Kier molecular flexibility index (Phi) is 10.0. The molecule has 0 aliphatic carbocycles. The van der Waals surface area contributed by atoms with Crippen LogP contribution in [0.5, 0.6) is 0 Å². The topological polar surface area (TPSA) is 141 Å². The Morgan fingerprint density at radius 3 is 1.46 bits per heavy atom. The molecule has 4 unspecified atom stereocenters. The van der Waals surface area contributed by atoms with Gasteiger partial charge in [0.1, 0.15) is 17.9 Å². The number of ketones is 1. The minimum Gasteiger partial charge on any atom is -0.376 e. The van der Waals surface area contributed by atoms with Crippen molar-refractivity contribution in [1.29, 1.82) is 0 Å². The molecule has 4 atom stereocenters. The van der Waals surface area contributed by atoms with Crippen molar-refractivity contribution in [2.45, 2.75) is 89.5 Å². The molecule has 256 valence electrons. The molecule has 6 aliphatic rings. The minimum atomic E-state index is -0.738. The van der Waals surface area contributed by atoms with Crippen molar-refractivity contribution in [3.63, 3.8) is 0 Å². The van der Waals surface area contributed by atoms with Crippen LogP contribution < -0.4 is 10.6 Å². The lowest BCUT2D eigenvalue weighted by molar-refractivity contribution is -0.162. The van der Waals surface area contributed by atoms with E-state index >= 15 is 0 Å². The molecule has 0 aromatic heterocycles. The van der Waals surface area contributed by atoms with Crippen LogP contribution in [0.2, 0.25) is 0 Å². The first-order chi connectivity index (χ1) is 22.0. The summed E-state index contributed by atoms with van der Waals surface area (Å²) in [5.41, 5.74) is -1.48. The fourth-order valence-electron chi connectivity index (χ4n) is 8.94. The highest BCUT2D eigenvalue weighted by molar-refractivity contribution is 5.94. The van der Waals surface area contributed by atoms with Gasteiger partial charge in [0.25, 0.3) is 0 Å². The van der Waals surface area contributed by atoms with Crippen LogP contribution in [0.25, 0.3) is 0 Å². The first kappa shape index (κ1) is 33.3. The molecule has 0 spiro atoms. The third-order valence-electron chi connectivity index (χ3n) is 10.9. The molecule has 0 aromatic carbocycles. The van der Waals surface area contributed by atoms with Crippen molar-refractivity contribution in [2.24, 2.45) is 10.8 Å². The van der Waals surface area contributed by atoms with Gasteiger partial charge in [0.15, 0.2) is 0 Å². The van der Waals surface area contributed by atoms with Crippen LogP contribution in [0, 0.1) is 10.8 Å². The zero-order valence-electron chi connectivity index (χ0n) is 27.6. The van der Waals surface area contributed by atoms with Gasteiger partial charge in [-0.25, -0.2) is 0 Å². The van der Waals surface area contributed by atoms with E-state index in [1.165, 1.54) is 0 Å². The maximum absolute atomic E-state index is 13.7.